The van der Waals surface area contributed by atoms with E-state index in [4.69, 9.17) is 9.97 Å². The van der Waals surface area contributed by atoms with Gasteiger partial charge in [0.1, 0.15) is 0 Å². The van der Waals surface area contributed by atoms with Crippen molar-refractivity contribution in [2.75, 3.05) is 0 Å². The Morgan fingerprint density at radius 2 is 1.19 bits per heavy atom. The topological polar surface area (TPSA) is 35.6 Å². The molecule has 4 aromatic heterocycles. The average molecular weight is 755 g/mol. The van der Waals surface area contributed by atoms with Gasteiger partial charge in [-0.3, -0.25) is 0 Å². The second-order valence-electron chi connectivity index (χ2n) is 16.9. The first kappa shape index (κ1) is 32.8. The Kier molecular flexibility index (Phi) is 6.59. The van der Waals surface area contributed by atoms with Crippen LogP contribution in [0.2, 0.25) is 0 Å². The molecule has 2 aliphatic carbocycles. The van der Waals surface area contributed by atoms with E-state index >= 15 is 0 Å². The first-order valence-corrected chi connectivity index (χ1v) is 20.7. The summed E-state index contributed by atoms with van der Waals surface area (Å²) in [4.78, 5) is 11.2. The molecule has 0 N–H and O–H groups in total. The predicted octanol–water partition coefficient (Wildman–Crippen LogP) is 14.0. The number of hydrogen-bond donors (Lipinski definition) is 0. The third-order valence-corrected chi connectivity index (χ3v) is 13.3. The van der Waals surface area contributed by atoms with Crippen LogP contribution in [0.25, 0.3) is 105 Å². The average Bonchev–Trinajstić information content (AvgIpc) is 3.88. The summed E-state index contributed by atoms with van der Waals surface area (Å²) in [5.41, 5.74) is 15.0. The summed E-state index contributed by atoms with van der Waals surface area (Å²) in [6.45, 7) is 4.63. The van der Waals surface area contributed by atoms with Crippen LogP contribution >= 0.6 is 0 Å². The highest BCUT2D eigenvalue weighted by atomic mass is 15.0. The standard InChI is InChI=1S/C55H38N4/c1-55(2)45-23-10-8-21-41(45)51-52-35-15-12-14-33(30-35)38-18-6-7-19-39(38)34-26-28-48-44(31-34)50-42(54(56-52)57-53(51)55)22-13-25-49(50)59(48)37-27-29-47-43(32-37)40-20-9-11-24-46(40)58(47)36-16-4-3-5-17-36/h3-26,28,30-32H,27,29H2,1-2H3. The summed E-state index contributed by atoms with van der Waals surface area (Å²) in [5, 5.41) is 10.6. The molecule has 0 radical (unpaired) electrons. The number of aromatic nitrogens is 4. The molecule has 7 aromatic carbocycles. The van der Waals surface area contributed by atoms with Crippen molar-refractivity contribution in [2.45, 2.75) is 32.1 Å². The van der Waals surface area contributed by atoms with Gasteiger partial charge in [-0.2, -0.15) is 0 Å². The van der Waals surface area contributed by atoms with Gasteiger partial charge in [0.2, 0.25) is 0 Å². The lowest BCUT2D eigenvalue weighted by Gasteiger charge is -2.20. The van der Waals surface area contributed by atoms with E-state index in [9.17, 15) is 0 Å². The lowest BCUT2D eigenvalue weighted by Crippen LogP contribution is -2.17. The van der Waals surface area contributed by atoms with Crippen LogP contribution in [0.4, 0.5) is 0 Å². The normalized spacial score (nSPS) is 14.4. The van der Waals surface area contributed by atoms with Crippen LogP contribution in [0.15, 0.2) is 164 Å². The van der Waals surface area contributed by atoms with Gasteiger partial charge in [-0.25, -0.2) is 9.97 Å². The molecular formula is C55H38N4. The van der Waals surface area contributed by atoms with Gasteiger partial charge < -0.3 is 9.13 Å². The zero-order valence-corrected chi connectivity index (χ0v) is 32.9. The maximum Gasteiger partial charge on any atom is 0.160 e. The number of allylic oxidation sites excluding steroid dienone is 1. The maximum atomic E-state index is 5.63. The number of nitrogens with zero attached hydrogens (tertiary/aromatic N) is 4. The van der Waals surface area contributed by atoms with Crippen LogP contribution in [0, 0.1) is 0 Å². The minimum atomic E-state index is -0.296. The van der Waals surface area contributed by atoms with E-state index < -0.39 is 0 Å². The smallest absolute Gasteiger partial charge is 0.160 e. The van der Waals surface area contributed by atoms with Gasteiger partial charge in [0.25, 0.3) is 0 Å². The zero-order valence-electron chi connectivity index (χ0n) is 32.9. The van der Waals surface area contributed by atoms with Crippen molar-refractivity contribution >= 4 is 88.0 Å². The number of rotatable bonds is 2. The Morgan fingerprint density at radius 1 is 0.508 bits per heavy atom. The van der Waals surface area contributed by atoms with Crippen molar-refractivity contribution < 1.29 is 0 Å². The first-order valence-electron chi connectivity index (χ1n) is 20.7. The number of para-hydroxylation sites is 2. The largest absolute Gasteiger partial charge is 0.313 e. The molecule has 4 heterocycles. The molecule has 13 rings (SSSR count). The van der Waals surface area contributed by atoms with Gasteiger partial charge in [-0.05, 0) is 94.1 Å². The molecule has 0 aliphatic heterocycles. The molecule has 0 atom stereocenters. The quantitative estimate of drug-likeness (QED) is 0.176. The molecule has 278 valence electrons. The van der Waals surface area contributed by atoms with Crippen LogP contribution < -0.4 is 0 Å². The van der Waals surface area contributed by atoms with Crippen molar-refractivity contribution in [2.24, 2.45) is 0 Å². The van der Waals surface area contributed by atoms with Gasteiger partial charge in [0, 0.05) is 60.6 Å². The number of benzene rings is 7. The fourth-order valence-electron chi connectivity index (χ4n) is 10.7. The van der Waals surface area contributed by atoms with E-state index in [0.717, 1.165) is 46.0 Å². The van der Waals surface area contributed by atoms with Gasteiger partial charge in [-0.15, -0.1) is 0 Å². The van der Waals surface area contributed by atoms with Crippen molar-refractivity contribution in [1.29, 1.82) is 0 Å². The summed E-state index contributed by atoms with van der Waals surface area (Å²) >= 11 is 0. The molecule has 4 heteroatoms. The van der Waals surface area contributed by atoms with E-state index in [-0.39, 0.29) is 5.41 Å². The van der Waals surface area contributed by atoms with Gasteiger partial charge >= 0.3 is 0 Å². The van der Waals surface area contributed by atoms with E-state index in [1.165, 1.54) is 88.0 Å². The number of fused-ring (bicyclic) bond motifs is 17. The molecule has 4 nitrogen and oxygen atoms in total. The van der Waals surface area contributed by atoms with Crippen LogP contribution in [0.3, 0.4) is 0 Å². The highest BCUT2D eigenvalue weighted by Crippen LogP contribution is 2.50. The predicted molar refractivity (Wildman–Crippen MR) is 247 cm³/mol. The minimum absolute atomic E-state index is 0.296. The lowest BCUT2D eigenvalue weighted by atomic mass is 9.85. The Labute approximate surface area is 341 Å². The van der Waals surface area contributed by atoms with Gasteiger partial charge in [-0.1, -0.05) is 135 Å². The summed E-state index contributed by atoms with van der Waals surface area (Å²) in [7, 11) is 0. The zero-order chi connectivity index (χ0) is 39.0. The second-order valence-corrected chi connectivity index (χ2v) is 16.9. The fourth-order valence-corrected chi connectivity index (χ4v) is 10.7. The van der Waals surface area contributed by atoms with Gasteiger partial charge in [0.15, 0.2) is 5.65 Å². The fraction of sp³-hybridized carbons (Fsp3) is 0.0909. The highest BCUT2D eigenvalue weighted by molar-refractivity contribution is 6.23. The lowest BCUT2D eigenvalue weighted by molar-refractivity contribution is 0.639. The van der Waals surface area contributed by atoms with Crippen LogP contribution in [0.5, 0.6) is 0 Å². The summed E-state index contributed by atoms with van der Waals surface area (Å²) in [6.07, 6.45) is 4.30. The molecule has 2 aliphatic rings. The molecule has 0 saturated carbocycles. The molecule has 0 spiro atoms. The minimum Gasteiger partial charge on any atom is -0.313 e. The van der Waals surface area contributed by atoms with E-state index in [2.05, 4.69) is 193 Å². The van der Waals surface area contributed by atoms with Crippen LogP contribution in [0.1, 0.15) is 42.8 Å². The molecule has 0 fully saturated rings. The Balaban J connectivity index is 1.19. The van der Waals surface area contributed by atoms with Crippen LogP contribution in [-0.2, 0) is 11.8 Å². The Bertz CT molecular complexity index is 3690. The third kappa shape index (κ3) is 4.49. The van der Waals surface area contributed by atoms with Crippen molar-refractivity contribution in [1.82, 2.24) is 19.1 Å². The Morgan fingerprint density at radius 3 is 2.05 bits per heavy atom. The van der Waals surface area contributed by atoms with Gasteiger partial charge in [0.05, 0.1) is 27.8 Å². The summed E-state index contributed by atoms with van der Waals surface area (Å²) in [6, 6.07) is 60.1. The summed E-state index contributed by atoms with van der Waals surface area (Å²) in [5.74, 6) is 0. The molecule has 0 saturated heterocycles. The van der Waals surface area contributed by atoms with Crippen molar-refractivity contribution in [3.63, 3.8) is 0 Å². The molecule has 11 aromatic rings. The monoisotopic (exact) mass is 754 g/mol. The first-order chi connectivity index (χ1) is 29.0. The van der Waals surface area contributed by atoms with E-state index in [1.807, 2.05) is 0 Å². The Hall–Kier alpha value is -7.30. The molecule has 59 heavy (non-hydrogen) atoms. The molecule has 0 amide bonds. The maximum absolute atomic E-state index is 5.63. The number of hydrogen-bond acceptors (Lipinski definition) is 2. The van der Waals surface area contributed by atoms with Crippen LogP contribution in [-0.4, -0.2) is 19.1 Å². The third-order valence-electron chi connectivity index (χ3n) is 13.3. The molecular weight excluding hydrogens is 717 g/mol. The molecule has 0 unspecified atom stereocenters. The molecule has 6 bridgehead atoms. The van der Waals surface area contributed by atoms with E-state index in [1.54, 1.807) is 0 Å². The highest BCUT2D eigenvalue weighted by Gasteiger charge is 2.38. The van der Waals surface area contributed by atoms with E-state index in [0.29, 0.717) is 0 Å². The second kappa shape index (κ2) is 11.9. The summed E-state index contributed by atoms with van der Waals surface area (Å²) < 4.78 is 5.00. The van der Waals surface area contributed by atoms with Crippen molar-refractivity contribution in [3.05, 3.63) is 186 Å². The van der Waals surface area contributed by atoms with Crippen molar-refractivity contribution in [3.8, 4) is 16.8 Å². The SMILES string of the molecule is CC1(C)c2ccccc2-c2c1nc1nc2c2cccc(c2)c2ccccc2c2ccc3c(c2)c2c1cccc2n3C1=Cc2c(n(-c3ccccc3)c3ccccc23)CC1.